The highest BCUT2D eigenvalue weighted by molar-refractivity contribution is 6.31. The number of alkyl halides is 2. The number of carbonyl (C=O) groups is 1. The number of pyridine rings is 1. The first-order valence-electron chi connectivity index (χ1n) is 12.8. The van der Waals surface area contributed by atoms with E-state index in [1.807, 2.05) is 12.1 Å². The molecule has 2 aliphatic heterocycles. The Bertz CT molecular complexity index is 1850. The van der Waals surface area contributed by atoms with E-state index in [9.17, 15) is 9.59 Å². The van der Waals surface area contributed by atoms with Crippen molar-refractivity contribution in [3.05, 3.63) is 117 Å². The van der Waals surface area contributed by atoms with Gasteiger partial charge in [0.1, 0.15) is 0 Å². The van der Waals surface area contributed by atoms with Crippen LogP contribution in [-0.2, 0) is 9.63 Å². The number of oxime groups is 1. The molecule has 6 rings (SSSR count). The first kappa shape index (κ1) is 27.6. The number of aromatic nitrogens is 1. The van der Waals surface area contributed by atoms with Crippen LogP contribution in [0, 0.1) is 0 Å². The molecule has 1 amide bonds. The fraction of sp³-hybridized carbons (Fsp3) is 0.133. The molecule has 0 spiro atoms. The maximum atomic E-state index is 15.4. The number of amides is 1. The zero-order valence-corrected chi connectivity index (χ0v) is 23.2. The van der Waals surface area contributed by atoms with Crippen molar-refractivity contribution in [3.8, 4) is 11.1 Å². The third-order valence-electron chi connectivity index (χ3n) is 6.97. The van der Waals surface area contributed by atoms with Crippen molar-refractivity contribution < 1.29 is 18.4 Å². The van der Waals surface area contributed by atoms with Gasteiger partial charge in [0.05, 0.1) is 23.7 Å². The zero-order valence-electron chi connectivity index (χ0n) is 21.7. The summed E-state index contributed by atoms with van der Waals surface area (Å²) >= 11 is 12.2. The van der Waals surface area contributed by atoms with Crippen LogP contribution < -0.4 is 10.9 Å². The highest BCUT2D eigenvalue weighted by Gasteiger charge is 2.49. The number of H-pyrrole nitrogens is 1. The van der Waals surface area contributed by atoms with E-state index in [0.717, 1.165) is 5.01 Å². The molecule has 42 heavy (non-hydrogen) atoms. The van der Waals surface area contributed by atoms with Crippen LogP contribution in [0.2, 0.25) is 10.0 Å². The third-order valence-corrected chi connectivity index (χ3v) is 7.47. The Balaban J connectivity index is 1.49. The minimum absolute atomic E-state index is 0.00935. The van der Waals surface area contributed by atoms with Gasteiger partial charge in [-0.05, 0) is 48.0 Å². The molecule has 0 saturated carbocycles. The number of rotatable bonds is 6. The predicted molar refractivity (Wildman–Crippen MR) is 158 cm³/mol. The van der Waals surface area contributed by atoms with Crippen LogP contribution in [0.4, 0.5) is 8.78 Å². The summed E-state index contributed by atoms with van der Waals surface area (Å²) in [5, 5.41) is 12.8. The van der Waals surface area contributed by atoms with Crippen molar-refractivity contribution in [2.75, 3.05) is 0 Å². The number of nitrogens with zero attached hydrogens (tertiary/aromatic N) is 3. The number of nitrogens with one attached hydrogen (secondary N) is 2. The van der Waals surface area contributed by atoms with Crippen molar-refractivity contribution in [1.29, 1.82) is 0 Å². The quantitative estimate of drug-likeness (QED) is 0.258. The average Bonchev–Trinajstić information content (AvgIpc) is 3.58. The Hall–Kier alpha value is -4.54. The Kier molecular flexibility index (Phi) is 7.04. The Morgan fingerprint density at radius 3 is 2.36 bits per heavy atom. The first-order chi connectivity index (χ1) is 20.1. The third kappa shape index (κ3) is 5.15. The molecule has 0 radical (unpaired) electrons. The van der Waals surface area contributed by atoms with E-state index in [1.54, 1.807) is 60.7 Å². The van der Waals surface area contributed by atoms with Crippen LogP contribution in [0.3, 0.4) is 0 Å². The van der Waals surface area contributed by atoms with E-state index in [0.29, 0.717) is 37.6 Å². The molecule has 2 aliphatic rings. The normalized spacial score (nSPS) is 16.7. The lowest BCUT2D eigenvalue weighted by atomic mass is 9.91. The van der Waals surface area contributed by atoms with Crippen LogP contribution in [0.1, 0.15) is 30.0 Å². The van der Waals surface area contributed by atoms with E-state index in [1.165, 1.54) is 0 Å². The van der Waals surface area contributed by atoms with Gasteiger partial charge in [0.25, 0.3) is 5.56 Å². The lowest BCUT2D eigenvalue weighted by Crippen LogP contribution is -2.43. The van der Waals surface area contributed by atoms with Gasteiger partial charge in [-0.3, -0.25) is 9.59 Å². The number of halogens is 4. The van der Waals surface area contributed by atoms with Gasteiger partial charge in [0.2, 0.25) is 5.88 Å². The lowest BCUT2D eigenvalue weighted by molar-refractivity contribution is -0.158. The number of benzene rings is 3. The van der Waals surface area contributed by atoms with Crippen LogP contribution in [0.15, 0.2) is 100 Å². The first-order valence-corrected chi connectivity index (χ1v) is 13.5. The van der Waals surface area contributed by atoms with Gasteiger partial charge >= 0.3 is 11.8 Å². The molecule has 1 atom stereocenters. The standard InChI is InChI=1S/C30H21Cl2F2N5O3/c1-16-35-25(38-42-16)15-30(33,34)29(41)39-24(17-6-10-19(31)11-7-17)14-23(37-39)27-26(18-8-12-20(32)13-9-18)21-4-2-3-5-22(21)36-28(27)40/h2-13,24H,1,14-15H2,(H,35,38)(H,36,40). The Morgan fingerprint density at radius 2 is 1.69 bits per heavy atom. The van der Waals surface area contributed by atoms with Crippen molar-refractivity contribution in [3.63, 3.8) is 0 Å². The van der Waals surface area contributed by atoms with Gasteiger partial charge in [0, 0.05) is 32.9 Å². The van der Waals surface area contributed by atoms with Gasteiger partial charge in [-0.2, -0.15) is 13.9 Å². The molecule has 3 aromatic carbocycles. The highest BCUT2D eigenvalue weighted by Crippen LogP contribution is 2.39. The predicted octanol–water partition coefficient (Wildman–Crippen LogP) is 6.61. The van der Waals surface area contributed by atoms with Crippen molar-refractivity contribution in [2.24, 2.45) is 10.3 Å². The molecular weight excluding hydrogens is 587 g/mol. The van der Waals surface area contributed by atoms with E-state index >= 15 is 8.78 Å². The smallest absolute Gasteiger partial charge is 0.333 e. The SMILES string of the molecule is C=C1NC(CC(F)(F)C(=O)N2N=C(c3c(-c4ccc(Cl)cc4)c4ccccc4[nH]c3=O)CC2c2ccc(Cl)cc2)=NO1. The molecule has 3 heterocycles. The topological polar surface area (TPSA) is 99.2 Å². The highest BCUT2D eigenvalue weighted by atomic mass is 35.5. The number of hydrogen-bond acceptors (Lipinski definition) is 6. The van der Waals surface area contributed by atoms with Crippen molar-refractivity contribution in [1.82, 2.24) is 15.3 Å². The zero-order chi connectivity index (χ0) is 29.6. The van der Waals surface area contributed by atoms with Crippen LogP contribution >= 0.6 is 23.2 Å². The molecule has 8 nitrogen and oxygen atoms in total. The Morgan fingerprint density at radius 1 is 1.02 bits per heavy atom. The number of carbonyl (C=O) groups excluding carboxylic acids is 1. The fourth-order valence-corrected chi connectivity index (χ4v) is 5.33. The van der Waals surface area contributed by atoms with E-state index in [4.69, 9.17) is 28.0 Å². The maximum absolute atomic E-state index is 15.4. The number of aromatic amines is 1. The van der Waals surface area contributed by atoms with Crippen LogP contribution in [0.25, 0.3) is 22.0 Å². The second-order valence-corrected chi connectivity index (χ2v) is 10.7. The van der Waals surface area contributed by atoms with E-state index in [2.05, 4.69) is 27.1 Å². The second-order valence-electron chi connectivity index (χ2n) is 9.78. The average molecular weight is 608 g/mol. The van der Waals surface area contributed by atoms with Gasteiger partial charge in [-0.1, -0.05) is 70.8 Å². The molecule has 0 fully saturated rings. The summed E-state index contributed by atoms with van der Waals surface area (Å²) in [5.41, 5.74) is 2.17. The molecular formula is C30H21Cl2F2N5O3. The summed E-state index contributed by atoms with van der Waals surface area (Å²) in [4.78, 5) is 34.7. The summed E-state index contributed by atoms with van der Waals surface area (Å²) in [6.45, 7) is 3.47. The van der Waals surface area contributed by atoms with Gasteiger partial charge in [-0.25, -0.2) is 5.01 Å². The van der Waals surface area contributed by atoms with Crippen molar-refractivity contribution in [2.45, 2.75) is 24.8 Å². The molecule has 0 saturated heterocycles. The summed E-state index contributed by atoms with van der Waals surface area (Å²) in [6, 6.07) is 19.7. The number of amidine groups is 1. The maximum Gasteiger partial charge on any atom is 0.333 e. The minimum atomic E-state index is -3.92. The molecule has 0 aliphatic carbocycles. The minimum Gasteiger partial charge on any atom is -0.337 e. The van der Waals surface area contributed by atoms with Crippen molar-refractivity contribution >= 4 is 51.6 Å². The Labute approximate surface area is 247 Å². The summed E-state index contributed by atoms with van der Waals surface area (Å²) in [6.07, 6.45) is -1.07. The largest absolute Gasteiger partial charge is 0.337 e. The fourth-order valence-electron chi connectivity index (χ4n) is 5.07. The number of hydrogen-bond donors (Lipinski definition) is 2. The monoisotopic (exact) mass is 607 g/mol. The van der Waals surface area contributed by atoms with E-state index < -0.39 is 29.9 Å². The summed E-state index contributed by atoms with van der Waals surface area (Å²) in [7, 11) is 0. The van der Waals surface area contributed by atoms with Gasteiger partial charge in [-0.15, -0.1) is 0 Å². The summed E-state index contributed by atoms with van der Waals surface area (Å²) < 4.78 is 30.9. The molecule has 4 aromatic rings. The molecule has 212 valence electrons. The number of para-hydroxylation sites is 1. The van der Waals surface area contributed by atoms with Crippen LogP contribution in [0.5, 0.6) is 0 Å². The lowest BCUT2D eigenvalue weighted by Gasteiger charge is -2.26. The molecule has 2 N–H and O–H groups in total. The molecule has 12 heteroatoms. The molecule has 1 aromatic heterocycles. The second kappa shape index (κ2) is 10.7. The van der Waals surface area contributed by atoms with Crippen LogP contribution in [-0.4, -0.2) is 33.4 Å². The van der Waals surface area contributed by atoms with E-state index in [-0.39, 0.29) is 29.4 Å². The number of hydrazone groups is 1. The summed E-state index contributed by atoms with van der Waals surface area (Å²) in [5.74, 6) is -5.76. The molecule has 1 unspecified atom stereocenters. The van der Waals surface area contributed by atoms with Gasteiger partial charge < -0.3 is 15.1 Å². The van der Waals surface area contributed by atoms with Gasteiger partial charge in [0.15, 0.2) is 5.84 Å². The number of fused-ring (bicyclic) bond motifs is 1. The molecule has 0 bridgehead atoms.